The lowest BCUT2D eigenvalue weighted by Gasteiger charge is -2.12. The van der Waals surface area contributed by atoms with Crippen molar-refractivity contribution in [3.05, 3.63) is 65.1 Å². The van der Waals surface area contributed by atoms with E-state index in [4.69, 9.17) is 5.26 Å². The Kier molecular flexibility index (Phi) is 4.88. The molecule has 0 aliphatic heterocycles. The summed E-state index contributed by atoms with van der Waals surface area (Å²) in [7, 11) is 1.75. The van der Waals surface area contributed by atoms with Crippen LogP contribution in [-0.4, -0.2) is 20.7 Å². The molecule has 0 spiro atoms. The molecule has 2 aromatic heterocycles. The Labute approximate surface area is 158 Å². The molecule has 28 heavy (non-hydrogen) atoms. The molecule has 0 fully saturated rings. The minimum absolute atomic E-state index is 0.0718. The maximum absolute atomic E-state index is 12.9. The molecule has 0 aliphatic carbocycles. The molecule has 2 heterocycles. The summed E-state index contributed by atoms with van der Waals surface area (Å²) in [5, 5.41) is 15.5. The number of hydrogen-bond acceptors (Lipinski definition) is 4. The van der Waals surface area contributed by atoms with Crippen LogP contribution in [0.25, 0.3) is 11.3 Å². The first kappa shape index (κ1) is 19.1. The number of carbonyl (C=O) groups excluding carboxylic acids is 1. The number of pyridine rings is 1. The van der Waals surface area contributed by atoms with Gasteiger partial charge in [0.25, 0.3) is 5.91 Å². The third-order valence-corrected chi connectivity index (χ3v) is 4.02. The van der Waals surface area contributed by atoms with Crippen molar-refractivity contribution in [2.24, 2.45) is 7.05 Å². The average Bonchev–Trinajstić information content (AvgIpc) is 3.07. The molecule has 0 bridgehead atoms. The summed E-state index contributed by atoms with van der Waals surface area (Å²) in [4.78, 5) is 16.9. The van der Waals surface area contributed by atoms with E-state index in [-0.39, 0.29) is 11.4 Å². The van der Waals surface area contributed by atoms with Crippen molar-refractivity contribution < 1.29 is 18.0 Å². The summed E-state index contributed by atoms with van der Waals surface area (Å²) < 4.78 is 40.3. The van der Waals surface area contributed by atoms with Gasteiger partial charge in [0.2, 0.25) is 0 Å². The zero-order chi connectivity index (χ0) is 20.5. The van der Waals surface area contributed by atoms with Crippen LogP contribution < -0.4 is 5.32 Å². The Morgan fingerprint density at radius 2 is 2.00 bits per heavy atom. The molecular weight excluding hydrogens is 371 g/mol. The highest BCUT2D eigenvalue weighted by molar-refractivity contribution is 6.04. The molecule has 0 unspecified atom stereocenters. The topological polar surface area (TPSA) is 83.6 Å². The van der Waals surface area contributed by atoms with Crippen LogP contribution in [-0.2, 0) is 13.2 Å². The second-order valence-electron chi connectivity index (χ2n) is 6.09. The molecule has 9 heteroatoms. The maximum Gasteiger partial charge on any atom is 0.417 e. The molecule has 3 aromatic rings. The number of nitrogens with zero attached hydrogens (tertiary/aromatic N) is 4. The first-order chi connectivity index (χ1) is 13.2. The van der Waals surface area contributed by atoms with E-state index in [0.717, 1.165) is 23.8 Å². The number of aryl methyl sites for hydroxylation is 2. The third kappa shape index (κ3) is 3.86. The van der Waals surface area contributed by atoms with E-state index in [2.05, 4.69) is 15.4 Å². The number of alkyl halides is 3. The highest BCUT2D eigenvalue weighted by atomic mass is 19.4. The number of aromatic nitrogens is 3. The van der Waals surface area contributed by atoms with Crippen LogP contribution in [0.1, 0.15) is 27.2 Å². The summed E-state index contributed by atoms with van der Waals surface area (Å²) in [6.45, 7) is 1.70. The van der Waals surface area contributed by atoms with Crippen molar-refractivity contribution in [2.45, 2.75) is 13.1 Å². The first-order valence-corrected chi connectivity index (χ1v) is 8.08. The van der Waals surface area contributed by atoms with E-state index in [1.165, 1.54) is 6.07 Å². The molecule has 0 aliphatic rings. The van der Waals surface area contributed by atoms with Gasteiger partial charge in [-0.25, -0.2) is 4.98 Å². The lowest BCUT2D eigenvalue weighted by molar-refractivity contribution is -0.137. The van der Waals surface area contributed by atoms with Crippen molar-refractivity contribution >= 4 is 11.6 Å². The highest BCUT2D eigenvalue weighted by Gasteiger charge is 2.33. The summed E-state index contributed by atoms with van der Waals surface area (Å²) in [6, 6.07) is 7.82. The Bertz CT molecular complexity index is 1100. The molecule has 0 saturated carbocycles. The van der Waals surface area contributed by atoms with Crippen LogP contribution in [0.3, 0.4) is 0 Å². The standard InChI is InChI=1S/C19H14F3N5O/c1-11-3-6-16(13-9-24-27(2)10-13)26-17(11)18(28)25-14-4-5-15(19(20,21)22)12(7-14)8-23/h3-7,9-10H,1-2H3,(H,25,28). The van der Waals surface area contributed by atoms with Crippen LogP contribution in [0.5, 0.6) is 0 Å². The van der Waals surface area contributed by atoms with Gasteiger partial charge in [0, 0.05) is 24.5 Å². The number of halogens is 3. The van der Waals surface area contributed by atoms with Gasteiger partial charge in [-0.05, 0) is 36.8 Å². The SMILES string of the molecule is Cc1ccc(-c2cnn(C)c2)nc1C(=O)Nc1ccc(C(F)(F)F)c(C#N)c1. The number of hydrogen-bond donors (Lipinski definition) is 1. The number of benzene rings is 1. The van der Waals surface area contributed by atoms with Crippen LogP contribution in [0.15, 0.2) is 42.7 Å². The molecule has 1 aromatic carbocycles. The minimum atomic E-state index is -4.65. The monoisotopic (exact) mass is 385 g/mol. The van der Waals surface area contributed by atoms with E-state index in [0.29, 0.717) is 11.3 Å². The average molecular weight is 385 g/mol. The molecule has 1 N–H and O–H groups in total. The van der Waals surface area contributed by atoms with Gasteiger partial charge >= 0.3 is 6.18 Å². The number of nitriles is 1. The van der Waals surface area contributed by atoms with Crippen LogP contribution in [0.4, 0.5) is 18.9 Å². The van der Waals surface area contributed by atoms with Gasteiger partial charge < -0.3 is 5.32 Å². The molecule has 1 amide bonds. The van der Waals surface area contributed by atoms with E-state index in [9.17, 15) is 18.0 Å². The fourth-order valence-electron chi connectivity index (χ4n) is 2.62. The lowest BCUT2D eigenvalue weighted by atomic mass is 10.1. The van der Waals surface area contributed by atoms with E-state index >= 15 is 0 Å². The fourth-order valence-corrected chi connectivity index (χ4v) is 2.62. The van der Waals surface area contributed by atoms with Gasteiger partial charge in [-0.15, -0.1) is 0 Å². The minimum Gasteiger partial charge on any atom is -0.321 e. The van der Waals surface area contributed by atoms with Crippen LogP contribution in [0, 0.1) is 18.3 Å². The molecule has 0 saturated heterocycles. The molecule has 0 radical (unpaired) electrons. The zero-order valence-corrected chi connectivity index (χ0v) is 14.9. The van der Waals surface area contributed by atoms with E-state index in [1.54, 1.807) is 43.2 Å². The normalized spacial score (nSPS) is 11.1. The first-order valence-electron chi connectivity index (χ1n) is 8.08. The second kappa shape index (κ2) is 7.15. The lowest BCUT2D eigenvalue weighted by Crippen LogP contribution is -2.16. The predicted octanol–water partition coefficient (Wildman–Crippen LogP) is 3.93. The van der Waals surface area contributed by atoms with Crippen molar-refractivity contribution in [1.29, 1.82) is 5.26 Å². The largest absolute Gasteiger partial charge is 0.417 e. The zero-order valence-electron chi connectivity index (χ0n) is 14.9. The van der Waals surface area contributed by atoms with Crippen LogP contribution >= 0.6 is 0 Å². The second-order valence-corrected chi connectivity index (χ2v) is 6.09. The Morgan fingerprint density at radius 3 is 2.61 bits per heavy atom. The third-order valence-electron chi connectivity index (χ3n) is 4.02. The molecule has 0 atom stereocenters. The smallest absolute Gasteiger partial charge is 0.321 e. The Morgan fingerprint density at radius 1 is 1.25 bits per heavy atom. The summed E-state index contributed by atoms with van der Waals surface area (Å²) in [6.07, 6.45) is -1.30. The number of anilines is 1. The molecule has 3 rings (SSSR count). The number of carbonyl (C=O) groups is 1. The predicted molar refractivity (Wildman–Crippen MR) is 95.3 cm³/mol. The van der Waals surface area contributed by atoms with Crippen LogP contribution in [0.2, 0.25) is 0 Å². The van der Waals surface area contributed by atoms with Gasteiger partial charge in [-0.2, -0.15) is 23.5 Å². The summed E-state index contributed by atoms with van der Waals surface area (Å²) in [5.74, 6) is -0.591. The van der Waals surface area contributed by atoms with Crippen molar-refractivity contribution in [1.82, 2.24) is 14.8 Å². The molecule has 6 nitrogen and oxygen atoms in total. The number of nitrogens with one attached hydrogen (secondary N) is 1. The van der Waals surface area contributed by atoms with Gasteiger partial charge in [-0.3, -0.25) is 9.48 Å². The van der Waals surface area contributed by atoms with Gasteiger partial charge in [0.15, 0.2) is 0 Å². The van der Waals surface area contributed by atoms with Gasteiger partial charge in [0.05, 0.1) is 29.1 Å². The van der Waals surface area contributed by atoms with Crippen molar-refractivity contribution in [3.63, 3.8) is 0 Å². The van der Waals surface area contributed by atoms with E-state index in [1.807, 2.05) is 0 Å². The number of rotatable bonds is 3. The van der Waals surface area contributed by atoms with E-state index < -0.39 is 23.2 Å². The van der Waals surface area contributed by atoms with Crippen molar-refractivity contribution in [3.8, 4) is 17.3 Å². The number of amides is 1. The quantitative estimate of drug-likeness (QED) is 0.740. The highest BCUT2D eigenvalue weighted by Crippen LogP contribution is 2.33. The molecular formula is C19H14F3N5O. The maximum atomic E-state index is 12.9. The summed E-state index contributed by atoms with van der Waals surface area (Å²) in [5.41, 5.74) is 0.423. The Balaban J connectivity index is 1.90. The summed E-state index contributed by atoms with van der Waals surface area (Å²) >= 11 is 0. The van der Waals surface area contributed by atoms with Crippen molar-refractivity contribution in [2.75, 3.05) is 5.32 Å². The molecule has 142 valence electrons. The fraction of sp³-hybridized carbons (Fsp3) is 0.158. The van der Waals surface area contributed by atoms with Gasteiger partial charge in [-0.1, -0.05) is 6.07 Å². The van der Waals surface area contributed by atoms with Gasteiger partial charge in [0.1, 0.15) is 5.69 Å². The Hall–Kier alpha value is -3.67.